The molecule has 1 N–H and O–H groups in total. The van der Waals surface area contributed by atoms with Crippen LogP contribution in [-0.2, 0) is 26.2 Å². The fraction of sp³-hybridized carbons (Fsp3) is 0.333. The molecule has 41 heavy (non-hydrogen) atoms. The average Bonchev–Trinajstić information content (AvgIpc) is 2.97. The summed E-state index contributed by atoms with van der Waals surface area (Å²) in [5, 5.41) is 3.60. The summed E-state index contributed by atoms with van der Waals surface area (Å²) >= 11 is 12.9. The molecule has 220 valence electrons. The highest BCUT2D eigenvalue weighted by molar-refractivity contribution is 7.92. The molecule has 0 saturated heterocycles. The summed E-state index contributed by atoms with van der Waals surface area (Å²) in [6, 6.07) is 18.2. The van der Waals surface area contributed by atoms with Crippen LogP contribution < -0.4 is 14.4 Å². The van der Waals surface area contributed by atoms with Gasteiger partial charge in [-0.05, 0) is 68.3 Å². The van der Waals surface area contributed by atoms with E-state index in [-0.39, 0.29) is 29.8 Å². The number of hydrogen-bond acceptors (Lipinski definition) is 5. The molecule has 3 aromatic carbocycles. The van der Waals surface area contributed by atoms with Gasteiger partial charge in [0.25, 0.3) is 10.0 Å². The van der Waals surface area contributed by atoms with Crippen molar-refractivity contribution in [3.05, 3.63) is 88.4 Å². The van der Waals surface area contributed by atoms with Crippen molar-refractivity contribution in [3.8, 4) is 5.75 Å². The Morgan fingerprint density at radius 2 is 1.51 bits per heavy atom. The number of benzene rings is 3. The summed E-state index contributed by atoms with van der Waals surface area (Å²) in [6.45, 7) is 4.96. The van der Waals surface area contributed by atoms with Gasteiger partial charge < -0.3 is 15.0 Å². The number of nitrogens with one attached hydrogen (secondary N) is 1. The molecule has 0 unspecified atom stereocenters. The van der Waals surface area contributed by atoms with Crippen LogP contribution in [0.3, 0.4) is 0 Å². The average molecular weight is 621 g/mol. The molecule has 0 aliphatic carbocycles. The summed E-state index contributed by atoms with van der Waals surface area (Å²) in [5.41, 5.74) is 0.757. The van der Waals surface area contributed by atoms with Gasteiger partial charge in [0.2, 0.25) is 11.8 Å². The van der Waals surface area contributed by atoms with Gasteiger partial charge in [0.1, 0.15) is 18.3 Å². The summed E-state index contributed by atoms with van der Waals surface area (Å²) < 4.78 is 34.0. The van der Waals surface area contributed by atoms with E-state index in [2.05, 4.69) is 5.32 Å². The minimum Gasteiger partial charge on any atom is -0.497 e. The van der Waals surface area contributed by atoms with E-state index in [4.69, 9.17) is 27.9 Å². The van der Waals surface area contributed by atoms with Crippen molar-refractivity contribution in [3.63, 3.8) is 0 Å². The van der Waals surface area contributed by atoms with Crippen molar-refractivity contribution in [1.82, 2.24) is 10.2 Å². The van der Waals surface area contributed by atoms with Crippen LogP contribution in [0.2, 0.25) is 10.0 Å². The summed E-state index contributed by atoms with van der Waals surface area (Å²) in [7, 11) is -2.71. The number of ether oxygens (including phenoxy) is 1. The Kier molecular flexibility index (Phi) is 11.5. The van der Waals surface area contributed by atoms with Gasteiger partial charge in [-0.1, -0.05) is 61.3 Å². The quantitative estimate of drug-likeness (QED) is 0.256. The van der Waals surface area contributed by atoms with Gasteiger partial charge in [-0.15, -0.1) is 0 Å². The summed E-state index contributed by atoms with van der Waals surface area (Å²) in [5.74, 6) is -0.442. The van der Waals surface area contributed by atoms with Gasteiger partial charge >= 0.3 is 0 Å². The molecule has 2 atom stereocenters. The zero-order valence-corrected chi connectivity index (χ0v) is 25.8. The van der Waals surface area contributed by atoms with Gasteiger partial charge in [-0.3, -0.25) is 13.9 Å². The number of carbonyl (C=O) groups excluding carboxylic acids is 2. The van der Waals surface area contributed by atoms with Crippen LogP contribution in [0.1, 0.15) is 39.2 Å². The Balaban J connectivity index is 2.07. The highest BCUT2D eigenvalue weighted by Crippen LogP contribution is 2.29. The van der Waals surface area contributed by atoms with E-state index in [0.717, 1.165) is 4.31 Å². The molecule has 0 saturated carbocycles. The van der Waals surface area contributed by atoms with E-state index in [1.54, 1.807) is 55.5 Å². The Hall–Kier alpha value is -3.27. The first-order valence-corrected chi connectivity index (χ1v) is 15.5. The first-order chi connectivity index (χ1) is 19.5. The number of carbonyl (C=O) groups is 2. The van der Waals surface area contributed by atoms with E-state index >= 15 is 0 Å². The zero-order valence-electron chi connectivity index (χ0n) is 23.5. The third-order valence-corrected chi connectivity index (χ3v) is 9.24. The maximum absolute atomic E-state index is 14.1. The standard InChI is InChI=1S/C30H35Cl2N3O5S/c1-5-21(3)33-30(37)28(6-2)34(19-25-26(31)13-10-14-27(25)32)29(36)20-35(22-11-8-7-9-12-22)41(38,39)24-17-15-23(40-4)16-18-24/h7-18,21,28H,5-6,19-20H2,1-4H3,(H,33,37)/t21-,28+/m1/s1. The minimum absolute atomic E-state index is 0.0165. The normalized spacial score (nSPS) is 12.7. The SMILES string of the molecule is CC[C@@H](C)NC(=O)[C@H](CC)N(Cc1c(Cl)cccc1Cl)C(=O)CN(c1ccccc1)S(=O)(=O)c1ccc(OC)cc1. The van der Waals surface area contributed by atoms with Crippen molar-refractivity contribution in [2.75, 3.05) is 18.0 Å². The lowest BCUT2D eigenvalue weighted by Crippen LogP contribution is -2.53. The molecule has 0 heterocycles. The molecule has 3 aromatic rings. The fourth-order valence-electron chi connectivity index (χ4n) is 4.21. The Labute approximate surface area is 252 Å². The predicted octanol–water partition coefficient (Wildman–Crippen LogP) is 5.92. The van der Waals surface area contributed by atoms with Crippen LogP contribution >= 0.6 is 23.2 Å². The van der Waals surface area contributed by atoms with Crippen LogP contribution in [-0.4, -0.2) is 50.9 Å². The lowest BCUT2D eigenvalue weighted by molar-refractivity contribution is -0.140. The van der Waals surface area contributed by atoms with E-state index < -0.39 is 28.5 Å². The second kappa shape index (κ2) is 14.6. The number of sulfonamides is 1. The number of amides is 2. The number of halogens is 2. The van der Waals surface area contributed by atoms with Crippen molar-refractivity contribution >= 4 is 50.7 Å². The Morgan fingerprint density at radius 3 is 2.05 bits per heavy atom. The molecule has 11 heteroatoms. The zero-order chi connectivity index (χ0) is 30.2. The highest BCUT2D eigenvalue weighted by Gasteiger charge is 2.34. The lowest BCUT2D eigenvalue weighted by Gasteiger charge is -2.34. The van der Waals surface area contributed by atoms with Gasteiger partial charge in [-0.2, -0.15) is 0 Å². The van der Waals surface area contributed by atoms with Crippen LogP contribution in [0.15, 0.2) is 77.7 Å². The van der Waals surface area contributed by atoms with Crippen molar-refractivity contribution in [2.45, 2.75) is 57.1 Å². The monoisotopic (exact) mass is 619 g/mol. The number of nitrogens with zero attached hydrogens (tertiary/aromatic N) is 2. The maximum atomic E-state index is 14.1. The molecule has 0 aromatic heterocycles. The van der Waals surface area contributed by atoms with E-state index in [1.807, 2.05) is 13.8 Å². The van der Waals surface area contributed by atoms with E-state index in [1.165, 1.54) is 36.3 Å². The third-order valence-electron chi connectivity index (χ3n) is 6.75. The highest BCUT2D eigenvalue weighted by atomic mass is 35.5. The molecule has 0 aliphatic rings. The molecule has 0 bridgehead atoms. The van der Waals surface area contributed by atoms with Crippen LogP contribution in [0.5, 0.6) is 5.75 Å². The second-order valence-electron chi connectivity index (χ2n) is 9.49. The van der Waals surface area contributed by atoms with E-state index in [0.29, 0.717) is 33.5 Å². The lowest BCUT2D eigenvalue weighted by atomic mass is 10.1. The molecule has 3 rings (SSSR count). The van der Waals surface area contributed by atoms with E-state index in [9.17, 15) is 18.0 Å². The molecule has 0 aliphatic heterocycles. The molecule has 0 fully saturated rings. The number of anilines is 1. The molecule has 2 amide bonds. The Bertz CT molecular complexity index is 1420. The second-order valence-corrected chi connectivity index (χ2v) is 12.2. The smallest absolute Gasteiger partial charge is 0.264 e. The van der Waals surface area contributed by atoms with Gasteiger partial charge in [0.05, 0.1) is 17.7 Å². The van der Waals surface area contributed by atoms with Crippen LogP contribution in [0.25, 0.3) is 0 Å². The summed E-state index contributed by atoms with van der Waals surface area (Å²) in [6.07, 6.45) is 0.987. The van der Waals surface area contributed by atoms with Crippen LogP contribution in [0, 0.1) is 0 Å². The number of hydrogen-bond donors (Lipinski definition) is 1. The topological polar surface area (TPSA) is 96.0 Å². The largest absolute Gasteiger partial charge is 0.497 e. The molecule has 0 radical (unpaired) electrons. The first-order valence-electron chi connectivity index (χ1n) is 13.3. The number of rotatable bonds is 13. The predicted molar refractivity (Wildman–Crippen MR) is 163 cm³/mol. The Morgan fingerprint density at radius 1 is 0.902 bits per heavy atom. The van der Waals surface area contributed by atoms with Gasteiger partial charge in [0, 0.05) is 28.2 Å². The van der Waals surface area contributed by atoms with Crippen molar-refractivity contribution in [1.29, 1.82) is 0 Å². The summed E-state index contributed by atoms with van der Waals surface area (Å²) in [4.78, 5) is 28.8. The maximum Gasteiger partial charge on any atom is 0.264 e. The molecular formula is C30H35Cl2N3O5S. The number of para-hydroxylation sites is 1. The number of methoxy groups -OCH3 is 1. The molecular weight excluding hydrogens is 585 g/mol. The fourth-order valence-corrected chi connectivity index (χ4v) is 6.14. The minimum atomic E-state index is -4.19. The van der Waals surface area contributed by atoms with Crippen molar-refractivity contribution in [2.24, 2.45) is 0 Å². The van der Waals surface area contributed by atoms with Crippen molar-refractivity contribution < 1.29 is 22.7 Å². The van der Waals surface area contributed by atoms with Gasteiger partial charge in [0.15, 0.2) is 0 Å². The van der Waals surface area contributed by atoms with Gasteiger partial charge in [-0.25, -0.2) is 8.42 Å². The molecule has 0 spiro atoms. The third kappa shape index (κ3) is 7.93. The first kappa shape index (κ1) is 32.2. The molecule has 8 nitrogen and oxygen atoms in total. The van der Waals surface area contributed by atoms with Crippen LogP contribution in [0.4, 0.5) is 5.69 Å².